The molecular formula is C13H13BrFN3. The van der Waals surface area contributed by atoms with E-state index in [1.165, 1.54) is 6.07 Å². The van der Waals surface area contributed by atoms with Crippen LogP contribution in [0.15, 0.2) is 41.1 Å². The molecule has 1 unspecified atom stereocenters. The van der Waals surface area contributed by atoms with Gasteiger partial charge in [-0.25, -0.2) is 9.82 Å². The number of nitrogens with zero attached hydrogens (tertiary/aromatic N) is 1. The molecule has 0 saturated heterocycles. The molecule has 1 aromatic carbocycles. The molecule has 0 aliphatic heterocycles. The van der Waals surface area contributed by atoms with Crippen LogP contribution in [0.25, 0.3) is 0 Å². The van der Waals surface area contributed by atoms with Crippen molar-refractivity contribution >= 4 is 15.9 Å². The van der Waals surface area contributed by atoms with Crippen molar-refractivity contribution < 1.29 is 4.39 Å². The number of halogens is 2. The van der Waals surface area contributed by atoms with Crippen LogP contribution >= 0.6 is 15.9 Å². The zero-order valence-electron chi connectivity index (χ0n) is 9.82. The summed E-state index contributed by atoms with van der Waals surface area (Å²) in [5.74, 6) is 5.29. The van der Waals surface area contributed by atoms with Gasteiger partial charge in [0.05, 0.1) is 10.5 Å². The molecular weight excluding hydrogens is 297 g/mol. The Labute approximate surface area is 113 Å². The highest BCUT2D eigenvalue weighted by Gasteiger charge is 2.18. The summed E-state index contributed by atoms with van der Waals surface area (Å²) < 4.78 is 14.0. The van der Waals surface area contributed by atoms with Gasteiger partial charge in [0.15, 0.2) is 0 Å². The van der Waals surface area contributed by atoms with Crippen molar-refractivity contribution in [3.05, 3.63) is 63.6 Å². The van der Waals surface area contributed by atoms with Gasteiger partial charge in [-0.1, -0.05) is 12.1 Å². The van der Waals surface area contributed by atoms with Crippen molar-refractivity contribution in [2.45, 2.75) is 13.0 Å². The molecule has 3 nitrogen and oxygen atoms in total. The second-order valence-electron chi connectivity index (χ2n) is 3.97. The van der Waals surface area contributed by atoms with Crippen LogP contribution in [0.1, 0.15) is 22.7 Å². The SMILES string of the molecule is Cc1ccncc1C(NN)c1cccc(F)c1Br. The molecule has 0 aliphatic carbocycles. The van der Waals surface area contributed by atoms with Gasteiger partial charge in [0.1, 0.15) is 5.82 Å². The molecule has 0 amide bonds. The van der Waals surface area contributed by atoms with Gasteiger partial charge in [-0.15, -0.1) is 0 Å². The highest BCUT2D eigenvalue weighted by Crippen LogP contribution is 2.30. The predicted molar refractivity (Wildman–Crippen MR) is 72.2 cm³/mol. The fourth-order valence-electron chi connectivity index (χ4n) is 1.87. The van der Waals surface area contributed by atoms with Crippen LogP contribution < -0.4 is 11.3 Å². The molecule has 1 aromatic heterocycles. The third kappa shape index (κ3) is 2.43. The summed E-state index contributed by atoms with van der Waals surface area (Å²) in [6.45, 7) is 1.97. The van der Waals surface area contributed by atoms with Crippen LogP contribution in [-0.4, -0.2) is 4.98 Å². The second kappa shape index (κ2) is 5.56. The molecule has 2 aromatic rings. The first-order chi connectivity index (χ1) is 8.65. The fraction of sp³-hybridized carbons (Fsp3) is 0.154. The van der Waals surface area contributed by atoms with E-state index in [4.69, 9.17) is 5.84 Å². The molecule has 1 heterocycles. The average Bonchev–Trinajstić information content (AvgIpc) is 2.37. The lowest BCUT2D eigenvalue weighted by molar-refractivity contribution is 0.595. The van der Waals surface area contributed by atoms with Crippen LogP contribution in [0, 0.1) is 12.7 Å². The average molecular weight is 310 g/mol. The summed E-state index contributed by atoms with van der Waals surface area (Å²) >= 11 is 3.25. The molecule has 0 radical (unpaired) electrons. The maximum absolute atomic E-state index is 13.6. The summed E-state index contributed by atoms with van der Waals surface area (Å²) in [5, 5.41) is 0. The van der Waals surface area contributed by atoms with Crippen molar-refractivity contribution in [1.29, 1.82) is 0 Å². The Kier molecular flexibility index (Phi) is 4.06. The maximum Gasteiger partial charge on any atom is 0.137 e. The van der Waals surface area contributed by atoms with Crippen LogP contribution in [0.3, 0.4) is 0 Å². The number of aromatic nitrogens is 1. The Morgan fingerprint density at radius 3 is 2.78 bits per heavy atom. The lowest BCUT2D eigenvalue weighted by atomic mass is 9.97. The lowest BCUT2D eigenvalue weighted by Crippen LogP contribution is -2.29. The highest BCUT2D eigenvalue weighted by molar-refractivity contribution is 9.10. The van der Waals surface area contributed by atoms with E-state index in [0.29, 0.717) is 4.47 Å². The van der Waals surface area contributed by atoms with Crippen LogP contribution in [0.5, 0.6) is 0 Å². The molecule has 0 bridgehead atoms. The second-order valence-corrected chi connectivity index (χ2v) is 4.77. The van der Waals surface area contributed by atoms with Gasteiger partial charge in [-0.2, -0.15) is 0 Å². The van der Waals surface area contributed by atoms with Crippen molar-refractivity contribution in [2.24, 2.45) is 5.84 Å². The van der Waals surface area contributed by atoms with E-state index in [0.717, 1.165) is 16.7 Å². The van der Waals surface area contributed by atoms with E-state index in [1.54, 1.807) is 18.5 Å². The fourth-order valence-corrected chi connectivity index (χ4v) is 2.36. The number of rotatable bonds is 3. The standard InChI is InChI=1S/C13H13BrFN3/c1-8-5-6-17-7-10(8)13(18-16)9-3-2-4-11(15)12(9)14/h2-7,13,18H,16H2,1H3. The van der Waals surface area contributed by atoms with Crippen LogP contribution in [-0.2, 0) is 0 Å². The monoisotopic (exact) mass is 309 g/mol. The van der Waals surface area contributed by atoms with E-state index in [-0.39, 0.29) is 11.9 Å². The number of benzene rings is 1. The van der Waals surface area contributed by atoms with Gasteiger partial charge in [-0.05, 0) is 51.7 Å². The lowest BCUT2D eigenvalue weighted by Gasteiger charge is -2.20. The van der Waals surface area contributed by atoms with E-state index >= 15 is 0 Å². The number of aryl methyl sites for hydroxylation is 1. The van der Waals surface area contributed by atoms with Crippen molar-refractivity contribution in [3.8, 4) is 0 Å². The van der Waals surface area contributed by atoms with Crippen molar-refractivity contribution in [1.82, 2.24) is 10.4 Å². The predicted octanol–water partition coefficient (Wildman–Crippen LogP) is 2.84. The number of hydrogen-bond acceptors (Lipinski definition) is 3. The largest absolute Gasteiger partial charge is 0.271 e. The summed E-state index contributed by atoms with van der Waals surface area (Å²) in [6, 6.07) is 6.48. The Bertz CT molecular complexity index is 560. The molecule has 3 N–H and O–H groups in total. The van der Waals surface area contributed by atoms with Crippen molar-refractivity contribution in [3.63, 3.8) is 0 Å². The normalized spacial score (nSPS) is 12.4. The van der Waals surface area contributed by atoms with Gasteiger partial charge in [-0.3, -0.25) is 10.8 Å². The zero-order valence-corrected chi connectivity index (χ0v) is 11.4. The van der Waals surface area contributed by atoms with Gasteiger partial charge < -0.3 is 0 Å². The van der Waals surface area contributed by atoms with E-state index in [2.05, 4.69) is 26.3 Å². The third-order valence-electron chi connectivity index (χ3n) is 2.85. The molecule has 94 valence electrons. The molecule has 5 heteroatoms. The quantitative estimate of drug-likeness (QED) is 0.677. The minimum atomic E-state index is -0.311. The van der Waals surface area contributed by atoms with Crippen LogP contribution in [0.4, 0.5) is 4.39 Å². The Morgan fingerprint density at radius 2 is 2.11 bits per heavy atom. The van der Waals surface area contributed by atoms with Gasteiger partial charge in [0.25, 0.3) is 0 Å². The van der Waals surface area contributed by atoms with Crippen LogP contribution in [0.2, 0.25) is 0 Å². The zero-order chi connectivity index (χ0) is 13.1. The smallest absolute Gasteiger partial charge is 0.137 e. The Hall–Kier alpha value is -1.30. The first-order valence-electron chi connectivity index (χ1n) is 5.45. The first-order valence-corrected chi connectivity index (χ1v) is 6.25. The number of pyridine rings is 1. The van der Waals surface area contributed by atoms with Gasteiger partial charge in [0, 0.05) is 12.4 Å². The summed E-state index contributed by atoms with van der Waals surface area (Å²) in [5.41, 5.74) is 5.42. The molecule has 0 saturated carbocycles. The first kappa shape index (κ1) is 13.1. The third-order valence-corrected chi connectivity index (χ3v) is 3.69. The maximum atomic E-state index is 13.6. The van der Waals surface area contributed by atoms with Crippen molar-refractivity contribution in [2.75, 3.05) is 0 Å². The molecule has 2 rings (SSSR count). The van der Waals surface area contributed by atoms with Gasteiger partial charge >= 0.3 is 0 Å². The summed E-state index contributed by atoms with van der Waals surface area (Å²) in [4.78, 5) is 4.09. The molecule has 0 aliphatic rings. The minimum absolute atomic E-state index is 0.302. The van der Waals surface area contributed by atoms with Gasteiger partial charge in [0.2, 0.25) is 0 Å². The minimum Gasteiger partial charge on any atom is -0.271 e. The molecule has 0 fully saturated rings. The molecule has 18 heavy (non-hydrogen) atoms. The number of hydrogen-bond donors (Lipinski definition) is 2. The van der Waals surface area contributed by atoms with E-state index < -0.39 is 0 Å². The Balaban J connectivity index is 2.53. The Morgan fingerprint density at radius 1 is 1.33 bits per heavy atom. The van der Waals surface area contributed by atoms with E-state index in [1.807, 2.05) is 19.1 Å². The topological polar surface area (TPSA) is 50.9 Å². The number of nitrogens with two attached hydrogens (primary N) is 1. The number of nitrogens with one attached hydrogen (secondary N) is 1. The van der Waals surface area contributed by atoms with E-state index in [9.17, 15) is 4.39 Å². The number of hydrazine groups is 1. The highest BCUT2D eigenvalue weighted by atomic mass is 79.9. The summed E-state index contributed by atoms with van der Waals surface area (Å²) in [7, 11) is 0. The molecule has 0 spiro atoms. The molecule has 1 atom stereocenters. The summed E-state index contributed by atoms with van der Waals surface area (Å²) in [6.07, 6.45) is 3.45.